The highest BCUT2D eigenvalue weighted by molar-refractivity contribution is 9.10. The molecule has 1 aromatic heterocycles. The van der Waals surface area contributed by atoms with Crippen LogP contribution in [0.15, 0.2) is 40.3 Å². The molecule has 0 atom stereocenters. The molecule has 0 unspecified atom stereocenters. The Bertz CT molecular complexity index is 933. The standard InChI is InChI=1S/C23H27BrN2O5S/c24-18-16-32-20(25-18)23(31-15-19(27)28)8-6-22(7-9-23)10-12-26(13-11-22)21(29)30-14-17-4-2-1-3-5-17/h1-5,16H,6-15H2,(H,27,28). The van der Waals surface area contributed by atoms with Crippen LogP contribution in [0.3, 0.4) is 0 Å². The van der Waals surface area contributed by atoms with Crippen molar-refractivity contribution in [3.8, 4) is 0 Å². The molecule has 1 aliphatic carbocycles. The topological polar surface area (TPSA) is 89.0 Å². The molecule has 0 radical (unpaired) electrons. The maximum absolute atomic E-state index is 12.5. The molecule has 1 aromatic carbocycles. The fraction of sp³-hybridized carbons (Fsp3) is 0.522. The monoisotopic (exact) mass is 522 g/mol. The zero-order chi connectivity index (χ0) is 22.6. The highest BCUT2D eigenvalue weighted by atomic mass is 79.9. The molecule has 0 bridgehead atoms. The number of aromatic nitrogens is 1. The van der Waals surface area contributed by atoms with Crippen molar-refractivity contribution in [1.29, 1.82) is 0 Å². The van der Waals surface area contributed by atoms with Crippen LogP contribution in [0.2, 0.25) is 0 Å². The number of carbonyl (C=O) groups is 2. The second-order valence-corrected chi connectivity index (χ2v) is 10.3. The van der Waals surface area contributed by atoms with Gasteiger partial charge in [-0.25, -0.2) is 14.6 Å². The first kappa shape index (κ1) is 23.2. The number of carbonyl (C=O) groups excluding carboxylic acids is 1. The Balaban J connectivity index is 1.33. The van der Waals surface area contributed by atoms with Crippen LogP contribution in [0.5, 0.6) is 0 Å². The average Bonchev–Trinajstić information content (AvgIpc) is 3.25. The molecule has 172 valence electrons. The van der Waals surface area contributed by atoms with Gasteiger partial charge in [0, 0.05) is 18.5 Å². The SMILES string of the molecule is O=C(O)COC1(c2nc(Br)cs2)CCC2(CCN(C(=O)OCc3ccccc3)CC2)CC1. The van der Waals surface area contributed by atoms with E-state index in [2.05, 4.69) is 20.9 Å². The maximum Gasteiger partial charge on any atom is 0.410 e. The van der Waals surface area contributed by atoms with Crippen molar-refractivity contribution in [1.82, 2.24) is 9.88 Å². The van der Waals surface area contributed by atoms with E-state index in [-0.39, 0.29) is 24.7 Å². The van der Waals surface area contributed by atoms with Gasteiger partial charge >= 0.3 is 12.1 Å². The van der Waals surface area contributed by atoms with Gasteiger partial charge in [0.05, 0.1) is 0 Å². The number of thiazole rings is 1. The number of aliphatic carboxylic acids is 1. The van der Waals surface area contributed by atoms with Gasteiger partial charge in [-0.3, -0.25) is 0 Å². The fourth-order valence-electron chi connectivity index (χ4n) is 4.74. The number of halogens is 1. The van der Waals surface area contributed by atoms with Crippen LogP contribution in [0.1, 0.15) is 49.1 Å². The van der Waals surface area contributed by atoms with Crippen molar-refractivity contribution < 1.29 is 24.2 Å². The lowest BCUT2D eigenvalue weighted by molar-refractivity contribution is -0.157. The fourth-order valence-corrected chi connectivity index (χ4v) is 6.21. The molecule has 1 amide bonds. The Morgan fingerprint density at radius 2 is 1.78 bits per heavy atom. The third kappa shape index (κ3) is 5.32. The lowest BCUT2D eigenvalue weighted by Crippen LogP contribution is -2.47. The van der Waals surface area contributed by atoms with Gasteiger partial charge in [0.1, 0.15) is 28.4 Å². The number of ether oxygens (including phenoxy) is 2. The Kier molecular flexibility index (Phi) is 7.17. The summed E-state index contributed by atoms with van der Waals surface area (Å²) in [5, 5.41) is 11.9. The van der Waals surface area contributed by atoms with E-state index in [1.165, 1.54) is 11.3 Å². The van der Waals surface area contributed by atoms with Crippen molar-refractivity contribution in [2.24, 2.45) is 5.41 Å². The molecule has 2 aromatic rings. The molecule has 32 heavy (non-hydrogen) atoms. The first-order chi connectivity index (χ1) is 15.4. The highest BCUT2D eigenvalue weighted by Crippen LogP contribution is 2.52. The molecule has 4 rings (SSSR count). The zero-order valence-electron chi connectivity index (χ0n) is 17.8. The first-order valence-corrected chi connectivity index (χ1v) is 12.5. The van der Waals surface area contributed by atoms with E-state index in [4.69, 9.17) is 14.6 Å². The average molecular weight is 523 g/mol. The summed E-state index contributed by atoms with van der Waals surface area (Å²) in [6.07, 6.45) is 4.91. The molecule has 1 N–H and O–H groups in total. The minimum absolute atomic E-state index is 0.154. The quantitative estimate of drug-likeness (QED) is 0.561. The van der Waals surface area contributed by atoms with Crippen LogP contribution in [0, 0.1) is 5.41 Å². The maximum atomic E-state index is 12.5. The van der Waals surface area contributed by atoms with Gasteiger partial charge in [0.15, 0.2) is 0 Å². The number of likely N-dealkylation sites (tertiary alicyclic amines) is 1. The second-order valence-electron chi connectivity index (χ2n) is 8.68. The number of rotatable bonds is 6. The second kappa shape index (κ2) is 9.89. The van der Waals surface area contributed by atoms with Gasteiger partial charge in [0.2, 0.25) is 0 Å². The van der Waals surface area contributed by atoms with Gasteiger partial charge in [0.25, 0.3) is 0 Å². The van der Waals surface area contributed by atoms with Gasteiger partial charge in [-0.1, -0.05) is 30.3 Å². The molecule has 9 heteroatoms. The van der Waals surface area contributed by atoms with Crippen LogP contribution in [-0.4, -0.2) is 46.7 Å². The molecule has 2 heterocycles. The lowest BCUT2D eigenvalue weighted by Gasteiger charge is -2.48. The molecular formula is C23H27BrN2O5S. The van der Waals surface area contributed by atoms with Crippen LogP contribution in [0.4, 0.5) is 4.79 Å². The third-order valence-electron chi connectivity index (χ3n) is 6.74. The largest absolute Gasteiger partial charge is 0.480 e. The van der Waals surface area contributed by atoms with Crippen molar-refractivity contribution in [2.45, 2.75) is 50.7 Å². The van der Waals surface area contributed by atoms with Gasteiger partial charge < -0.3 is 19.5 Å². The molecule has 2 fully saturated rings. The normalized spacial score (nSPS) is 19.6. The van der Waals surface area contributed by atoms with Crippen molar-refractivity contribution in [2.75, 3.05) is 19.7 Å². The number of carboxylic acid groups (broad SMARTS) is 1. The minimum Gasteiger partial charge on any atom is -0.480 e. The molecular weight excluding hydrogens is 496 g/mol. The van der Waals surface area contributed by atoms with Gasteiger partial charge in [-0.05, 0) is 65.4 Å². The molecule has 1 saturated carbocycles. The number of hydrogen-bond donors (Lipinski definition) is 1. The van der Waals surface area contributed by atoms with E-state index in [0.29, 0.717) is 13.1 Å². The Morgan fingerprint density at radius 3 is 2.38 bits per heavy atom. The molecule has 1 aliphatic heterocycles. The Morgan fingerprint density at radius 1 is 1.09 bits per heavy atom. The van der Waals surface area contributed by atoms with E-state index in [0.717, 1.165) is 53.7 Å². The number of nitrogens with zero attached hydrogens (tertiary/aromatic N) is 2. The predicted octanol–water partition coefficient (Wildman–Crippen LogP) is 5.20. The molecule has 7 nitrogen and oxygen atoms in total. The summed E-state index contributed by atoms with van der Waals surface area (Å²) in [5.74, 6) is -0.970. The van der Waals surface area contributed by atoms with Crippen molar-refractivity contribution >= 4 is 39.3 Å². The number of carboxylic acids is 1. The summed E-state index contributed by atoms with van der Waals surface area (Å²) in [7, 11) is 0. The van der Waals surface area contributed by atoms with Crippen LogP contribution in [0.25, 0.3) is 0 Å². The Labute approximate surface area is 199 Å². The Hall–Kier alpha value is -1.97. The van der Waals surface area contributed by atoms with Crippen LogP contribution in [-0.2, 0) is 26.5 Å². The number of amides is 1. The van der Waals surface area contributed by atoms with E-state index >= 15 is 0 Å². The number of piperidine rings is 1. The number of hydrogen-bond acceptors (Lipinski definition) is 6. The van der Waals surface area contributed by atoms with E-state index < -0.39 is 11.6 Å². The molecule has 1 saturated heterocycles. The van der Waals surface area contributed by atoms with E-state index in [9.17, 15) is 9.59 Å². The summed E-state index contributed by atoms with van der Waals surface area (Å²) < 4.78 is 12.2. The van der Waals surface area contributed by atoms with Gasteiger partial charge in [-0.2, -0.15) is 0 Å². The molecule has 1 spiro atoms. The van der Waals surface area contributed by atoms with E-state index in [1.807, 2.05) is 35.7 Å². The molecule has 2 aliphatic rings. The summed E-state index contributed by atoms with van der Waals surface area (Å²) in [4.78, 5) is 30.0. The highest BCUT2D eigenvalue weighted by Gasteiger charge is 2.47. The van der Waals surface area contributed by atoms with Crippen molar-refractivity contribution in [3.63, 3.8) is 0 Å². The zero-order valence-corrected chi connectivity index (χ0v) is 20.2. The summed E-state index contributed by atoms with van der Waals surface area (Å²) in [6, 6.07) is 9.69. The van der Waals surface area contributed by atoms with Crippen molar-refractivity contribution in [3.05, 3.63) is 50.9 Å². The van der Waals surface area contributed by atoms with Crippen LogP contribution < -0.4 is 0 Å². The van der Waals surface area contributed by atoms with Crippen LogP contribution >= 0.6 is 27.3 Å². The first-order valence-electron chi connectivity index (χ1n) is 10.8. The predicted molar refractivity (Wildman–Crippen MR) is 123 cm³/mol. The number of benzene rings is 1. The minimum atomic E-state index is -0.970. The van der Waals surface area contributed by atoms with E-state index in [1.54, 1.807) is 4.90 Å². The summed E-state index contributed by atoms with van der Waals surface area (Å²) in [5.41, 5.74) is 0.487. The summed E-state index contributed by atoms with van der Waals surface area (Å²) >= 11 is 4.90. The third-order valence-corrected chi connectivity index (χ3v) is 8.48. The summed E-state index contributed by atoms with van der Waals surface area (Å²) in [6.45, 7) is 1.32. The lowest BCUT2D eigenvalue weighted by atomic mass is 9.64. The van der Waals surface area contributed by atoms with Gasteiger partial charge in [-0.15, -0.1) is 11.3 Å². The smallest absolute Gasteiger partial charge is 0.410 e.